The lowest BCUT2D eigenvalue weighted by Gasteiger charge is -2.29. The van der Waals surface area contributed by atoms with Crippen molar-refractivity contribution in [3.05, 3.63) is 63.8 Å². The number of aromatic nitrogens is 3. The molecule has 1 aliphatic rings. The van der Waals surface area contributed by atoms with Crippen molar-refractivity contribution < 1.29 is 19.1 Å². The molecule has 4 rings (SSSR count). The fourth-order valence-corrected chi connectivity index (χ4v) is 4.90. The summed E-state index contributed by atoms with van der Waals surface area (Å²) in [4.78, 5) is 29.2. The topological polar surface area (TPSA) is 103 Å². The Balaban J connectivity index is 1.25. The molecule has 10 heteroatoms. The molecular weight excluding hydrogens is 500 g/mol. The minimum absolute atomic E-state index is 0.0184. The second-order valence-electron chi connectivity index (χ2n) is 9.77. The molecule has 1 saturated carbocycles. The van der Waals surface area contributed by atoms with Crippen LogP contribution in [0.4, 0.5) is 5.13 Å². The minimum Gasteiger partial charge on any atom is -0.474 e. The summed E-state index contributed by atoms with van der Waals surface area (Å²) in [7, 11) is 0. The molecule has 2 aromatic heterocycles. The molecular formula is C26H29ClN4O4S. The van der Waals surface area contributed by atoms with Gasteiger partial charge < -0.3 is 9.47 Å². The van der Waals surface area contributed by atoms with E-state index < -0.39 is 5.60 Å². The average molecular weight is 529 g/mol. The lowest BCUT2D eigenvalue weighted by atomic mass is 9.87. The maximum atomic E-state index is 12.6. The number of carbonyl (C=O) groups excluding carboxylic acids is 2. The number of esters is 1. The van der Waals surface area contributed by atoms with Crippen LogP contribution in [0.5, 0.6) is 5.88 Å². The molecule has 3 aromatic rings. The molecule has 0 radical (unpaired) electrons. The molecule has 1 N–H and O–H groups in total. The summed E-state index contributed by atoms with van der Waals surface area (Å²) in [5, 5.41) is 12.8. The van der Waals surface area contributed by atoms with Crippen LogP contribution in [0.2, 0.25) is 5.02 Å². The van der Waals surface area contributed by atoms with Gasteiger partial charge in [-0.2, -0.15) is 0 Å². The van der Waals surface area contributed by atoms with Crippen molar-refractivity contribution in [3.8, 4) is 5.88 Å². The summed E-state index contributed by atoms with van der Waals surface area (Å²) in [6.07, 6.45) is 5.00. The van der Waals surface area contributed by atoms with Crippen LogP contribution in [0.15, 0.2) is 42.6 Å². The number of anilines is 1. The SMILES string of the molecule is CC(C)(C)OC(=O)C1CCC(Oc2ccc(C(=O)Nc3nnc(Cc4cccc(Cl)c4)s3)cn2)CC1. The second kappa shape index (κ2) is 11.3. The number of pyridine rings is 1. The fraction of sp³-hybridized carbons (Fsp3) is 0.423. The standard InChI is InChI=1S/C26H29ClN4O4S/c1-26(2,3)35-24(33)17-7-10-20(11-8-17)34-21-12-9-18(15-28-21)23(32)29-25-31-30-22(36-25)14-16-5-4-6-19(27)13-16/h4-6,9,12-13,15,17,20H,7-8,10-11,14H2,1-3H3,(H,29,31,32). The van der Waals surface area contributed by atoms with Crippen molar-refractivity contribution in [1.29, 1.82) is 0 Å². The summed E-state index contributed by atoms with van der Waals surface area (Å²) in [6.45, 7) is 5.63. The van der Waals surface area contributed by atoms with E-state index in [9.17, 15) is 9.59 Å². The van der Waals surface area contributed by atoms with Crippen LogP contribution in [0.25, 0.3) is 0 Å². The van der Waals surface area contributed by atoms with Crippen LogP contribution in [-0.4, -0.2) is 38.8 Å². The molecule has 0 spiro atoms. The second-order valence-corrected chi connectivity index (χ2v) is 11.3. The van der Waals surface area contributed by atoms with Crippen LogP contribution in [0.3, 0.4) is 0 Å². The van der Waals surface area contributed by atoms with E-state index in [-0.39, 0.29) is 23.9 Å². The highest BCUT2D eigenvalue weighted by Crippen LogP contribution is 2.29. The first kappa shape index (κ1) is 26.0. The average Bonchev–Trinajstić information content (AvgIpc) is 3.25. The van der Waals surface area contributed by atoms with Gasteiger partial charge in [-0.25, -0.2) is 4.98 Å². The zero-order valence-corrected chi connectivity index (χ0v) is 22.1. The van der Waals surface area contributed by atoms with E-state index in [2.05, 4.69) is 20.5 Å². The molecule has 0 unspecified atom stereocenters. The van der Waals surface area contributed by atoms with E-state index in [0.29, 0.717) is 28.0 Å². The highest BCUT2D eigenvalue weighted by molar-refractivity contribution is 7.15. The Hall–Kier alpha value is -3.04. The number of amides is 1. The van der Waals surface area contributed by atoms with Crippen LogP contribution >= 0.6 is 22.9 Å². The normalized spacial score (nSPS) is 17.9. The molecule has 0 atom stereocenters. The molecule has 0 saturated heterocycles. The van der Waals surface area contributed by atoms with Gasteiger partial charge in [-0.05, 0) is 70.2 Å². The van der Waals surface area contributed by atoms with Crippen molar-refractivity contribution in [2.45, 2.75) is 64.6 Å². The van der Waals surface area contributed by atoms with Gasteiger partial charge in [0.05, 0.1) is 11.5 Å². The van der Waals surface area contributed by atoms with E-state index in [1.54, 1.807) is 12.1 Å². The molecule has 36 heavy (non-hydrogen) atoms. The summed E-state index contributed by atoms with van der Waals surface area (Å²) < 4.78 is 11.5. The minimum atomic E-state index is -0.474. The van der Waals surface area contributed by atoms with Crippen molar-refractivity contribution in [3.63, 3.8) is 0 Å². The predicted molar refractivity (Wildman–Crippen MR) is 139 cm³/mol. The number of halogens is 1. The van der Waals surface area contributed by atoms with Gasteiger partial charge in [-0.15, -0.1) is 10.2 Å². The van der Waals surface area contributed by atoms with E-state index in [1.165, 1.54) is 17.5 Å². The van der Waals surface area contributed by atoms with Crippen molar-refractivity contribution in [1.82, 2.24) is 15.2 Å². The molecule has 0 bridgehead atoms. The number of hydrogen-bond donors (Lipinski definition) is 1. The maximum Gasteiger partial charge on any atom is 0.309 e. The number of ether oxygens (including phenoxy) is 2. The first-order chi connectivity index (χ1) is 17.1. The first-order valence-electron chi connectivity index (χ1n) is 11.9. The van der Waals surface area contributed by atoms with Crippen LogP contribution in [0, 0.1) is 5.92 Å². The largest absolute Gasteiger partial charge is 0.474 e. The van der Waals surface area contributed by atoms with Crippen LogP contribution in [0.1, 0.15) is 67.4 Å². The van der Waals surface area contributed by atoms with E-state index in [1.807, 2.05) is 45.0 Å². The molecule has 1 aliphatic carbocycles. The molecule has 1 fully saturated rings. The van der Waals surface area contributed by atoms with Gasteiger partial charge in [0.25, 0.3) is 5.91 Å². The first-order valence-corrected chi connectivity index (χ1v) is 13.1. The van der Waals surface area contributed by atoms with Crippen LogP contribution in [-0.2, 0) is 16.0 Å². The number of benzene rings is 1. The molecule has 0 aliphatic heterocycles. The van der Waals surface area contributed by atoms with Gasteiger partial charge in [0.1, 0.15) is 16.7 Å². The lowest BCUT2D eigenvalue weighted by molar-refractivity contribution is -0.161. The maximum absolute atomic E-state index is 12.6. The summed E-state index contributed by atoms with van der Waals surface area (Å²) in [5.74, 6) is -0.0970. The molecule has 1 aromatic carbocycles. The van der Waals surface area contributed by atoms with Gasteiger partial charge >= 0.3 is 5.97 Å². The van der Waals surface area contributed by atoms with Gasteiger partial charge in [-0.3, -0.25) is 14.9 Å². The predicted octanol–water partition coefficient (Wildman–Crippen LogP) is 5.71. The third-order valence-electron chi connectivity index (χ3n) is 5.63. The van der Waals surface area contributed by atoms with Gasteiger partial charge in [0.2, 0.25) is 11.0 Å². The Kier molecular flexibility index (Phi) is 8.21. The Labute approximate surface area is 219 Å². The van der Waals surface area contributed by atoms with E-state index in [4.69, 9.17) is 21.1 Å². The van der Waals surface area contributed by atoms with Gasteiger partial charge in [0, 0.05) is 23.7 Å². The number of rotatable bonds is 7. The number of nitrogens with one attached hydrogen (secondary N) is 1. The number of hydrogen-bond acceptors (Lipinski definition) is 8. The van der Waals surface area contributed by atoms with Crippen molar-refractivity contribution in [2.75, 3.05) is 5.32 Å². The Morgan fingerprint density at radius 2 is 1.89 bits per heavy atom. The van der Waals surface area contributed by atoms with Gasteiger partial charge in [-0.1, -0.05) is 35.1 Å². The smallest absolute Gasteiger partial charge is 0.309 e. The molecule has 190 valence electrons. The lowest BCUT2D eigenvalue weighted by Crippen LogP contribution is -2.33. The Bertz CT molecular complexity index is 1200. The van der Waals surface area contributed by atoms with Crippen molar-refractivity contribution >= 4 is 39.9 Å². The summed E-state index contributed by atoms with van der Waals surface area (Å²) >= 11 is 7.35. The Morgan fingerprint density at radius 3 is 2.56 bits per heavy atom. The zero-order chi connectivity index (χ0) is 25.7. The van der Waals surface area contributed by atoms with E-state index >= 15 is 0 Å². The highest BCUT2D eigenvalue weighted by Gasteiger charge is 2.30. The molecule has 8 nitrogen and oxygen atoms in total. The molecule has 2 heterocycles. The third-order valence-corrected chi connectivity index (χ3v) is 6.71. The number of carbonyl (C=O) groups is 2. The summed E-state index contributed by atoms with van der Waals surface area (Å²) in [6, 6.07) is 10.9. The third kappa shape index (κ3) is 7.48. The van der Waals surface area contributed by atoms with Crippen LogP contribution < -0.4 is 10.1 Å². The fourth-order valence-electron chi connectivity index (χ4n) is 3.92. The summed E-state index contributed by atoms with van der Waals surface area (Å²) in [5.41, 5.74) is 0.940. The zero-order valence-electron chi connectivity index (χ0n) is 20.5. The highest BCUT2D eigenvalue weighted by atomic mass is 35.5. The quantitative estimate of drug-likeness (QED) is 0.392. The number of nitrogens with zero attached hydrogens (tertiary/aromatic N) is 3. The van der Waals surface area contributed by atoms with E-state index in [0.717, 1.165) is 36.3 Å². The Morgan fingerprint density at radius 1 is 1.11 bits per heavy atom. The van der Waals surface area contributed by atoms with Crippen molar-refractivity contribution in [2.24, 2.45) is 5.92 Å². The molecule has 1 amide bonds. The monoisotopic (exact) mass is 528 g/mol. The van der Waals surface area contributed by atoms with Gasteiger partial charge in [0.15, 0.2) is 0 Å².